The van der Waals surface area contributed by atoms with Crippen molar-refractivity contribution in [2.45, 2.75) is 38.2 Å². The first-order valence-corrected chi connectivity index (χ1v) is 7.66. The summed E-state index contributed by atoms with van der Waals surface area (Å²) in [5.74, 6) is -0.0629. The molecular weight excluding hydrogens is 270 g/mol. The predicted octanol–water partition coefficient (Wildman–Crippen LogP) is 3.48. The van der Waals surface area contributed by atoms with Crippen molar-refractivity contribution in [3.8, 4) is 0 Å². The van der Waals surface area contributed by atoms with Crippen LogP contribution >= 0.6 is 22.9 Å². The largest absolute Gasteiger partial charge is 0.378 e. The lowest BCUT2D eigenvalue weighted by Gasteiger charge is -2.09. The molecule has 1 aromatic rings. The van der Waals surface area contributed by atoms with Gasteiger partial charge in [-0.05, 0) is 43.6 Å². The minimum Gasteiger partial charge on any atom is -0.378 e. The van der Waals surface area contributed by atoms with Crippen LogP contribution in [0.5, 0.6) is 0 Å². The molecule has 5 heteroatoms. The van der Waals surface area contributed by atoms with Crippen LogP contribution in [0.4, 0.5) is 0 Å². The van der Waals surface area contributed by atoms with Gasteiger partial charge in [0.05, 0.1) is 11.1 Å². The van der Waals surface area contributed by atoms with Crippen LogP contribution in [0, 0.1) is 0 Å². The van der Waals surface area contributed by atoms with Crippen molar-refractivity contribution in [3.05, 3.63) is 21.3 Å². The molecule has 1 amide bonds. The zero-order valence-electron chi connectivity index (χ0n) is 10.3. The van der Waals surface area contributed by atoms with Gasteiger partial charge in [0.15, 0.2) is 0 Å². The van der Waals surface area contributed by atoms with E-state index < -0.39 is 0 Å². The van der Waals surface area contributed by atoms with E-state index in [-0.39, 0.29) is 5.91 Å². The molecule has 1 N–H and O–H groups in total. The zero-order valence-corrected chi connectivity index (χ0v) is 11.9. The molecule has 3 nitrogen and oxygen atoms in total. The smallest absolute Gasteiger partial charge is 0.262 e. The molecule has 1 aliphatic heterocycles. The summed E-state index contributed by atoms with van der Waals surface area (Å²) in [5, 5.41) is 5.26. The summed E-state index contributed by atoms with van der Waals surface area (Å²) in [6.07, 6.45) is 6.04. The third kappa shape index (κ3) is 3.97. The Kier molecular flexibility index (Phi) is 5.47. The van der Waals surface area contributed by atoms with Crippen LogP contribution in [0.2, 0.25) is 5.02 Å². The molecule has 0 aliphatic carbocycles. The normalized spacial score (nSPS) is 19.1. The third-order valence-corrected chi connectivity index (χ3v) is 4.43. The minimum absolute atomic E-state index is 0.0629. The lowest BCUT2D eigenvalue weighted by molar-refractivity contribution is 0.0951. The number of nitrogens with one attached hydrogen (secondary N) is 1. The number of ether oxygens (including phenoxy) is 1. The fourth-order valence-corrected chi connectivity index (χ4v) is 3.16. The van der Waals surface area contributed by atoms with Gasteiger partial charge in [0.25, 0.3) is 5.91 Å². The molecule has 100 valence electrons. The molecule has 0 spiro atoms. The highest BCUT2D eigenvalue weighted by molar-refractivity contribution is 7.12. The Morgan fingerprint density at radius 2 is 2.44 bits per heavy atom. The molecule has 0 aromatic carbocycles. The van der Waals surface area contributed by atoms with E-state index in [0.29, 0.717) is 22.5 Å². The highest BCUT2D eigenvalue weighted by Crippen LogP contribution is 2.21. The number of rotatable bonds is 6. The van der Waals surface area contributed by atoms with Gasteiger partial charge in [0.2, 0.25) is 0 Å². The fourth-order valence-electron chi connectivity index (χ4n) is 2.11. The van der Waals surface area contributed by atoms with Crippen LogP contribution in [0.3, 0.4) is 0 Å². The van der Waals surface area contributed by atoms with Gasteiger partial charge in [0, 0.05) is 13.2 Å². The van der Waals surface area contributed by atoms with E-state index in [1.54, 1.807) is 6.07 Å². The SMILES string of the molecule is O=C(NCCCC[C@@H]1CCCO1)c1sccc1Cl. The number of thiophene rings is 1. The number of hydrogen-bond acceptors (Lipinski definition) is 3. The molecule has 1 saturated heterocycles. The number of carbonyl (C=O) groups is 1. The molecule has 0 bridgehead atoms. The van der Waals surface area contributed by atoms with Gasteiger partial charge in [0.1, 0.15) is 4.88 Å². The van der Waals surface area contributed by atoms with Crippen molar-refractivity contribution in [2.75, 3.05) is 13.2 Å². The maximum atomic E-state index is 11.7. The molecular formula is C13H18ClNO2S. The van der Waals surface area contributed by atoms with Crippen molar-refractivity contribution in [1.29, 1.82) is 0 Å². The van der Waals surface area contributed by atoms with E-state index in [9.17, 15) is 4.79 Å². The number of unbranched alkanes of at least 4 members (excludes halogenated alkanes) is 1. The van der Waals surface area contributed by atoms with E-state index >= 15 is 0 Å². The lowest BCUT2D eigenvalue weighted by atomic mass is 10.1. The third-order valence-electron chi connectivity index (χ3n) is 3.09. The standard InChI is InChI=1S/C13H18ClNO2S/c14-11-6-9-18-12(11)13(16)15-7-2-1-4-10-5-3-8-17-10/h6,9-10H,1-5,7-8H2,(H,15,16)/t10-/m1/s1. The summed E-state index contributed by atoms with van der Waals surface area (Å²) in [5.41, 5.74) is 0. The maximum Gasteiger partial charge on any atom is 0.262 e. The van der Waals surface area contributed by atoms with Crippen LogP contribution in [0.25, 0.3) is 0 Å². The lowest BCUT2D eigenvalue weighted by Crippen LogP contribution is -2.24. The quantitative estimate of drug-likeness (QED) is 0.814. The van der Waals surface area contributed by atoms with Gasteiger partial charge in [-0.25, -0.2) is 0 Å². The first-order chi connectivity index (χ1) is 8.77. The van der Waals surface area contributed by atoms with Crippen LogP contribution in [0.1, 0.15) is 41.8 Å². The van der Waals surface area contributed by atoms with Crippen molar-refractivity contribution in [1.82, 2.24) is 5.32 Å². The Bertz CT molecular complexity index is 388. The summed E-state index contributed by atoms with van der Waals surface area (Å²) in [7, 11) is 0. The average molecular weight is 288 g/mol. The Labute approximate surface area is 116 Å². The van der Waals surface area contributed by atoms with Gasteiger partial charge in [-0.3, -0.25) is 4.79 Å². The van der Waals surface area contributed by atoms with Crippen LogP contribution in [-0.2, 0) is 4.74 Å². The van der Waals surface area contributed by atoms with Gasteiger partial charge in [-0.1, -0.05) is 11.6 Å². The first-order valence-electron chi connectivity index (χ1n) is 6.40. The predicted molar refractivity (Wildman–Crippen MR) is 74.5 cm³/mol. The summed E-state index contributed by atoms with van der Waals surface area (Å²) in [6, 6.07) is 1.75. The maximum absolute atomic E-state index is 11.7. The minimum atomic E-state index is -0.0629. The number of hydrogen-bond donors (Lipinski definition) is 1. The number of halogens is 1. The Balaban J connectivity index is 1.58. The molecule has 0 radical (unpaired) electrons. The van der Waals surface area contributed by atoms with E-state index in [1.165, 1.54) is 24.2 Å². The Morgan fingerprint density at radius 1 is 1.56 bits per heavy atom. The summed E-state index contributed by atoms with van der Waals surface area (Å²) >= 11 is 7.27. The Hall–Kier alpha value is -0.580. The van der Waals surface area contributed by atoms with Gasteiger partial charge < -0.3 is 10.1 Å². The monoisotopic (exact) mass is 287 g/mol. The molecule has 18 heavy (non-hydrogen) atoms. The molecule has 1 atom stereocenters. The van der Waals surface area contributed by atoms with Gasteiger partial charge in [-0.15, -0.1) is 11.3 Å². The molecule has 0 saturated carbocycles. The molecule has 1 aliphatic rings. The highest BCUT2D eigenvalue weighted by atomic mass is 35.5. The van der Waals surface area contributed by atoms with Crippen molar-refractivity contribution in [2.24, 2.45) is 0 Å². The number of amides is 1. The first kappa shape index (κ1) is 13.8. The molecule has 1 fully saturated rings. The second kappa shape index (κ2) is 7.12. The summed E-state index contributed by atoms with van der Waals surface area (Å²) < 4.78 is 5.55. The van der Waals surface area contributed by atoms with Gasteiger partial charge >= 0.3 is 0 Å². The summed E-state index contributed by atoms with van der Waals surface area (Å²) in [6.45, 7) is 1.62. The van der Waals surface area contributed by atoms with Crippen molar-refractivity contribution < 1.29 is 9.53 Å². The Morgan fingerprint density at radius 3 is 3.11 bits per heavy atom. The van der Waals surface area contributed by atoms with Crippen LogP contribution < -0.4 is 5.32 Å². The molecule has 1 aromatic heterocycles. The molecule has 0 unspecified atom stereocenters. The van der Waals surface area contributed by atoms with Crippen LogP contribution in [-0.4, -0.2) is 25.2 Å². The van der Waals surface area contributed by atoms with E-state index in [2.05, 4.69) is 5.32 Å². The van der Waals surface area contributed by atoms with Gasteiger partial charge in [-0.2, -0.15) is 0 Å². The topological polar surface area (TPSA) is 38.3 Å². The summed E-state index contributed by atoms with van der Waals surface area (Å²) in [4.78, 5) is 12.3. The second-order valence-corrected chi connectivity index (χ2v) is 5.81. The average Bonchev–Trinajstić information content (AvgIpc) is 2.99. The van der Waals surface area contributed by atoms with E-state index in [0.717, 1.165) is 25.9 Å². The molecule has 2 heterocycles. The van der Waals surface area contributed by atoms with Crippen LogP contribution in [0.15, 0.2) is 11.4 Å². The van der Waals surface area contributed by atoms with Crippen molar-refractivity contribution in [3.63, 3.8) is 0 Å². The van der Waals surface area contributed by atoms with E-state index in [4.69, 9.17) is 16.3 Å². The number of carbonyl (C=O) groups excluding carboxylic acids is 1. The highest BCUT2D eigenvalue weighted by Gasteiger charge is 2.15. The van der Waals surface area contributed by atoms with Crippen molar-refractivity contribution >= 4 is 28.8 Å². The van der Waals surface area contributed by atoms with E-state index in [1.807, 2.05) is 5.38 Å². The fraction of sp³-hybridized carbons (Fsp3) is 0.615. The second-order valence-electron chi connectivity index (χ2n) is 4.48. The zero-order chi connectivity index (χ0) is 12.8. The molecule has 2 rings (SSSR count).